The van der Waals surface area contributed by atoms with Crippen LogP contribution in [0.2, 0.25) is 0 Å². The minimum absolute atomic E-state index is 0.281. The van der Waals surface area contributed by atoms with E-state index < -0.39 is 17.4 Å². The fourth-order valence-electron chi connectivity index (χ4n) is 1.58. The number of nitrogens with zero attached hydrogens (tertiary/aromatic N) is 2. The van der Waals surface area contributed by atoms with Crippen LogP contribution < -0.4 is 5.56 Å². The van der Waals surface area contributed by atoms with Crippen LogP contribution in [-0.4, -0.2) is 9.55 Å². The first-order valence-electron chi connectivity index (χ1n) is 5.27. The standard InChI is InChI=1S/C12H6F3N3OS/c13-12(14,15)9-5-10(19)18(11(20)17-9)8-3-1-7(6-16)2-4-8/h1-5H,(H,17,20). The molecule has 0 fully saturated rings. The molecule has 2 aromatic rings. The van der Waals surface area contributed by atoms with E-state index in [9.17, 15) is 18.0 Å². The van der Waals surface area contributed by atoms with Gasteiger partial charge in [-0.15, -0.1) is 0 Å². The molecular formula is C12H6F3N3OS. The second kappa shape index (κ2) is 4.94. The Kier molecular flexibility index (Phi) is 3.46. The normalized spacial score (nSPS) is 11.1. The Bertz CT molecular complexity index is 766. The van der Waals surface area contributed by atoms with E-state index in [1.54, 1.807) is 0 Å². The zero-order chi connectivity index (χ0) is 14.9. The van der Waals surface area contributed by atoms with Gasteiger partial charge in [-0.2, -0.15) is 18.4 Å². The number of nitriles is 1. The quantitative estimate of drug-likeness (QED) is 0.823. The van der Waals surface area contributed by atoms with Crippen LogP contribution in [0.5, 0.6) is 0 Å². The largest absolute Gasteiger partial charge is 0.431 e. The van der Waals surface area contributed by atoms with E-state index in [2.05, 4.69) is 0 Å². The number of hydrogen-bond acceptors (Lipinski definition) is 3. The third-order valence-corrected chi connectivity index (χ3v) is 2.78. The van der Waals surface area contributed by atoms with Gasteiger partial charge in [0.2, 0.25) is 0 Å². The molecule has 1 aromatic heterocycles. The molecule has 0 saturated heterocycles. The Balaban J connectivity index is 2.62. The van der Waals surface area contributed by atoms with Gasteiger partial charge >= 0.3 is 6.18 Å². The molecule has 102 valence electrons. The molecule has 8 heteroatoms. The molecule has 0 aliphatic rings. The molecule has 1 heterocycles. The van der Waals surface area contributed by atoms with Crippen molar-refractivity contribution >= 4 is 12.2 Å². The highest BCUT2D eigenvalue weighted by Crippen LogP contribution is 2.26. The van der Waals surface area contributed by atoms with Gasteiger partial charge in [0.1, 0.15) is 5.69 Å². The number of rotatable bonds is 1. The lowest BCUT2D eigenvalue weighted by Crippen LogP contribution is -2.23. The highest BCUT2D eigenvalue weighted by Gasteiger charge is 2.32. The summed E-state index contributed by atoms with van der Waals surface area (Å²) in [5.41, 5.74) is -1.45. The molecule has 0 bridgehead atoms. The minimum atomic E-state index is -4.67. The Morgan fingerprint density at radius 3 is 2.30 bits per heavy atom. The summed E-state index contributed by atoms with van der Waals surface area (Å²) in [6.07, 6.45) is -4.67. The van der Waals surface area contributed by atoms with Crippen molar-refractivity contribution in [2.75, 3.05) is 0 Å². The molecule has 1 N–H and O–H groups in total. The van der Waals surface area contributed by atoms with E-state index in [0.29, 0.717) is 11.6 Å². The van der Waals surface area contributed by atoms with Crippen LogP contribution in [-0.2, 0) is 6.18 Å². The van der Waals surface area contributed by atoms with Gasteiger partial charge in [0.25, 0.3) is 5.56 Å². The molecule has 0 atom stereocenters. The van der Waals surface area contributed by atoms with Gasteiger partial charge in [-0.3, -0.25) is 9.36 Å². The number of alkyl halides is 3. The first kappa shape index (κ1) is 14.0. The first-order valence-corrected chi connectivity index (χ1v) is 5.68. The van der Waals surface area contributed by atoms with Crippen molar-refractivity contribution in [1.29, 1.82) is 5.26 Å². The molecule has 4 nitrogen and oxygen atoms in total. The molecular weight excluding hydrogens is 291 g/mol. The molecule has 0 amide bonds. The van der Waals surface area contributed by atoms with Gasteiger partial charge in [0, 0.05) is 6.07 Å². The Labute approximate surface area is 115 Å². The number of halogens is 3. The summed E-state index contributed by atoms with van der Waals surface area (Å²) in [4.78, 5) is 13.7. The molecule has 1 aromatic carbocycles. The van der Waals surface area contributed by atoms with Crippen molar-refractivity contribution in [3.8, 4) is 11.8 Å². The predicted molar refractivity (Wildman–Crippen MR) is 66.9 cm³/mol. The third kappa shape index (κ3) is 2.62. The average molecular weight is 297 g/mol. The van der Waals surface area contributed by atoms with Crippen LogP contribution in [0.4, 0.5) is 13.2 Å². The zero-order valence-corrected chi connectivity index (χ0v) is 10.5. The molecule has 0 aliphatic carbocycles. The van der Waals surface area contributed by atoms with Gasteiger partial charge in [-0.05, 0) is 36.5 Å². The van der Waals surface area contributed by atoms with Crippen LogP contribution in [0.1, 0.15) is 11.3 Å². The molecule has 0 aliphatic heterocycles. The van der Waals surface area contributed by atoms with E-state index in [1.807, 2.05) is 11.1 Å². The fraction of sp³-hybridized carbons (Fsp3) is 0.0833. The van der Waals surface area contributed by atoms with E-state index in [0.717, 1.165) is 4.57 Å². The van der Waals surface area contributed by atoms with E-state index in [4.69, 9.17) is 17.5 Å². The topological polar surface area (TPSA) is 61.6 Å². The van der Waals surface area contributed by atoms with E-state index in [1.165, 1.54) is 24.3 Å². The second-order valence-electron chi connectivity index (χ2n) is 3.82. The Hall–Kier alpha value is -2.40. The third-order valence-electron chi connectivity index (χ3n) is 2.49. The van der Waals surface area contributed by atoms with Crippen LogP contribution >= 0.6 is 12.2 Å². The van der Waals surface area contributed by atoms with Crippen molar-refractivity contribution in [3.63, 3.8) is 0 Å². The van der Waals surface area contributed by atoms with E-state index >= 15 is 0 Å². The maximum atomic E-state index is 12.5. The molecule has 2 rings (SSSR count). The van der Waals surface area contributed by atoms with Gasteiger partial charge in [-0.1, -0.05) is 0 Å². The number of aromatic nitrogens is 2. The lowest BCUT2D eigenvalue weighted by atomic mass is 10.2. The smallest absolute Gasteiger partial charge is 0.328 e. The second-order valence-corrected chi connectivity index (χ2v) is 4.20. The first-order chi connectivity index (χ1) is 9.32. The summed E-state index contributed by atoms with van der Waals surface area (Å²) in [5.74, 6) is 0. The molecule has 0 radical (unpaired) electrons. The number of nitrogens with one attached hydrogen (secondary N) is 1. The highest BCUT2D eigenvalue weighted by atomic mass is 32.1. The maximum absolute atomic E-state index is 12.5. The van der Waals surface area contributed by atoms with Crippen molar-refractivity contribution in [2.24, 2.45) is 0 Å². The van der Waals surface area contributed by atoms with Crippen LogP contribution in [0.15, 0.2) is 35.1 Å². The minimum Gasteiger partial charge on any atom is -0.328 e. The molecule has 0 saturated carbocycles. The van der Waals surface area contributed by atoms with Gasteiger partial charge in [-0.25, -0.2) is 0 Å². The van der Waals surface area contributed by atoms with Crippen molar-refractivity contribution in [1.82, 2.24) is 9.55 Å². The van der Waals surface area contributed by atoms with Crippen LogP contribution in [0.3, 0.4) is 0 Å². The lowest BCUT2D eigenvalue weighted by Gasteiger charge is -2.10. The SMILES string of the molecule is N#Cc1ccc(-n2c(=O)cc(C(F)(F)F)[nH]c2=S)cc1. The Morgan fingerprint density at radius 2 is 1.85 bits per heavy atom. The number of H-pyrrole nitrogens is 1. The van der Waals surface area contributed by atoms with Gasteiger partial charge in [0.05, 0.1) is 17.3 Å². The zero-order valence-electron chi connectivity index (χ0n) is 9.73. The number of aromatic amines is 1. The summed E-state index contributed by atoms with van der Waals surface area (Å²) >= 11 is 4.78. The monoisotopic (exact) mass is 297 g/mol. The number of hydrogen-bond donors (Lipinski definition) is 1. The average Bonchev–Trinajstić information content (AvgIpc) is 2.37. The predicted octanol–water partition coefficient (Wildman–Crippen LogP) is 2.79. The summed E-state index contributed by atoms with van der Waals surface area (Å²) < 4.78 is 38.1. The molecule has 0 unspecified atom stereocenters. The van der Waals surface area contributed by atoms with Crippen LogP contribution in [0, 0.1) is 16.1 Å². The van der Waals surface area contributed by atoms with Crippen molar-refractivity contribution in [2.45, 2.75) is 6.18 Å². The van der Waals surface area contributed by atoms with E-state index in [-0.39, 0.29) is 10.5 Å². The molecule has 0 spiro atoms. The van der Waals surface area contributed by atoms with Gasteiger partial charge in [0.15, 0.2) is 4.77 Å². The maximum Gasteiger partial charge on any atom is 0.431 e. The summed E-state index contributed by atoms with van der Waals surface area (Å²) in [7, 11) is 0. The van der Waals surface area contributed by atoms with Crippen molar-refractivity contribution < 1.29 is 13.2 Å². The van der Waals surface area contributed by atoms with Gasteiger partial charge < -0.3 is 4.98 Å². The number of benzene rings is 1. The highest BCUT2D eigenvalue weighted by molar-refractivity contribution is 7.71. The fourth-order valence-corrected chi connectivity index (χ4v) is 1.88. The summed E-state index contributed by atoms with van der Waals surface area (Å²) in [5, 5.41) is 8.66. The molecule has 20 heavy (non-hydrogen) atoms. The van der Waals surface area contributed by atoms with Crippen molar-refractivity contribution in [3.05, 3.63) is 56.7 Å². The summed E-state index contributed by atoms with van der Waals surface area (Å²) in [6, 6.07) is 8.06. The Morgan fingerprint density at radius 1 is 1.25 bits per heavy atom. The summed E-state index contributed by atoms with van der Waals surface area (Å²) in [6.45, 7) is 0. The lowest BCUT2D eigenvalue weighted by molar-refractivity contribution is -0.141. The van der Waals surface area contributed by atoms with Crippen LogP contribution in [0.25, 0.3) is 5.69 Å².